The largest absolute Gasteiger partial charge is 0.493 e. The molecule has 2 atom stereocenters. The fraction of sp³-hybridized carbons (Fsp3) is 0.300. The Hall–Kier alpha value is -3.42. The number of carbonyl (C=O) groups excluding carboxylic acids is 2. The van der Waals surface area contributed by atoms with Gasteiger partial charge in [0.15, 0.2) is 23.6 Å². The van der Waals surface area contributed by atoms with Gasteiger partial charge in [-0.1, -0.05) is 35.1 Å². The van der Waals surface area contributed by atoms with Gasteiger partial charge < -0.3 is 9.47 Å². The summed E-state index contributed by atoms with van der Waals surface area (Å²) in [4.78, 5) is 27.1. The molecule has 0 spiro atoms. The number of hydrogen-bond acceptors (Lipinski definition) is 7. The minimum atomic E-state index is -0.828. The molecular formula is C20H20N4O4. The first-order chi connectivity index (χ1) is 13.5. The fourth-order valence-electron chi connectivity index (χ4n) is 3.45. The first-order valence-corrected chi connectivity index (χ1v) is 8.86. The van der Waals surface area contributed by atoms with Gasteiger partial charge in [0.05, 0.1) is 26.5 Å². The van der Waals surface area contributed by atoms with Crippen LogP contribution in [0.15, 0.2) is 52.8 Å². The number of carbonyl (C=O) groups is 2. The maximum Gasteiger partial charge on any atom is 0.263 e. The number of benzene rings is 2. The van der Waals surface area contributed by atoms with Gasteiger partial charge in [-0.25, -0.2) is 4.90 Å². The molecule has 0 N–H and O–H groups in total. The maximum atomic E-state index is 13.1. The highest BCUT2D eigenvalue weighted by Crippen LogP contribution is 2.36. The molecule has 4 rings (SSSR count). The van der Waals surface area contributed by atoms with E-state index in [1.807, 2.05) is 31.2 Å². The second kappa shape index (κ2) is 6.95. The Morgan fingerprint density at radius 2 is 1.68 bits per heavy atom. The molecule has 2 heterocycles. The highest BCUT2D eigenvalue weighted by Gasteiger charge is 2.54. The molecule has 8 nitrogen and oxygen atoms in total. The van der Waals surface area contributed by atoms with Crippen molar-refractivity contribution >= 4 is 17.5 Å². The Kier molecular flexibility index (Phi) is 4.46. The molecular weight excluding hydrogens is 360 g/mol. The van der Waals surface area contributed by atoms with Crippen molar-refractivity contribution in [2.75, 3.05) is 19.1 Å². The lowest BCUT2D eigenvalue weighted by atomic mass is 10.1. The van der Waals surface area contributed by atoms with Crippen molar-refractivity contribution in [2.45, 2.75) is 25.6 Å². The van der Waals surface area contributed by atoms with Crippen molar-refractivity contribution in [3.8, 4) is 11.5 Å². The second-order valence-corrected chi connectivity index (χ2v) is 6.73. The summed E-state index contributed by atoms with van der Waals surface area (Å²) in [6, 6.07) is 11.3. The number of nitrogens with zero attached hydrogens (tertiary/aromatic N) is 4. The van der Waals surface area contributed by atoms with E-state index in [1.165, 1.54) is 14.2 Å². The Bertz CT molecular complexity index is 957. The van der Waals surface area contributed by atoms with Crippen LogP contribution in [0, 0.1) is 6.92 Å². The number of ether oxygens (including phenoxy) is 2. The van der Waals surface area contributed by atoms with E-state index >= 15 is 0 Å². The summed E-state index contributed by atoms with van der Waals surface area (Å²) < 4.78 is 10.5. The normalized spacial score (nSPS) is 20.7. The van der Waals surface area contributed by atoms with Crippen LogP contribution in [0.4, 0.5) is 5.69 Å². The maximum absolute atomic E-state index is 13.1. The first-order valence-electron chi connectivity index (χ1n) is 8.86. The third-order valence-corrected chi connectivity index (χ3v) is 4.95. The summed E-state index contributed by atoms with van der Waals surface area (Å²) in [5.41, 5.74) is 2.57. The Balaban J connectivity index is 1.60. The molecule has 144 valence electrons. The van der Waals surface area contributed by atoms with Crippen molar-refractivity contribution in [3.05, 3.63) is 53.6 Å². The number of imide groups is 1. The molecule has 2 aliphatic heterocycles. The van der Waals surface area contributed by atoms with Crippen LogP contribution in [-0.4, -0.2) is 43.1 Å². The van der Waals surface area contributed by atoms with Gasteiger partial charge in [-0.05, 0) is 24.6 Å². The number of rotatable bonds is 5. The molecule has 2 amide bonds. The molecule has 8 heteroatoms. The van der Waals surface area contributed by atoms with Crippen molar-refractivity contribution in [1.82, 2.24) is 5.01 Å². The lowest BCUT2D eigenvalue weighted by Gasteiger charge is -2.21. The number of methoxy groups -OCH3 is 2. The zero-order chi connectivity index (χ0) is 19.8. The van der Waals surface area contributed by atoms with Crippen molar-refractivity contribution < 1.29 is 19.1 Å². The highest BCUT2D eigenvalue weighted by molar-refractivity contribution is 6.25. The minimum absolute atomic E-state index is 0.348. The smallest absolute Gasteiger partial charge is 0.263 e. The average molecular weight is 380 g/mol. The summed E-state index contributed by atoms with van der Waals surface area (Å²) in [6.45, 7) is 2.42. The van der Waals surface area contributed by atoms with Gasteiger partial charge in [0, 0.05) is 6.07 Å². The molecule has 2 unspecified atom stereocenters. The van der Waals surface area contributed by atoms with Crippen LogP contribution in [0.25, 0.3) is 0 Å². The standard InChI is InChI=1S/C20H20N4O4/c1-12-4-6-13(7-5-12)11-23-18-17(21-22-23)19(25)24(20(18)26)14-8-9-15(27-2)16(10-14)28-3/h4-10,17-18H,11H2,1-3H3. The summed E-state index contributed by atoms with van der Waals surface area (Å²) in [6.07, 6.45) is 0. The van der Waals surface area contributed by atoms with E-state index in [0.29, 0.717) is 23.7 Å². The summed E-state index contributed by atoms with van der Waals surface area (Å²) in [7, 11) is 3.03. The fourth-order valence-corrected chi connectivity index (χ4v) is 3.45. The summed E-state index contributed by atoms with van der Waals surface area (Å²) in [5, 5.41) is 9.71. The lowest BCUT2D eigenvalue weighted by molar-refractivity contribution is -0.123. The van der Waals surface area contributed by atoms with Gasteiger partial charge >= 0.3 is 0 Å². The van der Waals surface area contributed by atoms with Crippen LogP contribution in [-0.2, 0) is 16.1 Å². The second-order valence-electron chi connectivity index (χ2n) is 6.73. The molecule has 2 aliphatic rings. The van der Waals surface area contributed by atoms with Crippen LogP contribution in [0.1, 0.15) is 11.1 Å². The molecule has 0 aromatic heterocycles. The van der Waals surface area contributed by atoms with Crippen LogP contribution in [0.5, 0.6) is 11.5 Å². The molecule has 0 saturated carbocycles. The highest BCUT2D eigenvalue weighted by atomic mass is 16.5. The number of amides is 2. The predicted octanol–water partition coefficient (Wildman–Crippen LogP) is 2.51. The van der Waals surface area contributed by atoms with Crippen LogP contribution < -0.4 is 14.4 Å². The van der Waals surface area contributed by atoms with Crippen LogP contribution in [0.3, 0.4) is 0 Å². The topological polar surface area (TPSA) is 83.8 Å². The van der Waals surface area contributed by atoms with Gasteiger partial charge in [-0.3, -0.25) is 14.6 Å². The van der Waals surface area contributed by atoms with E-state index in [9.17, 15) is 9.59 Å². The zero-order valence-corrected chi connectivity index (χ0v) is 15.8. The third kappa shape index (κ3) is 2.87. The van der Waals surface area contributed by atoms with E-state index < -0.39 is 18.0 Å². The molecule has 2 aromatic rings. The molecule has 2 aromatic carbocycles. The molecule has 0 aliphatic carbocycles. The van der Waals surface area contributed by atoms with E-state index in [2.05, 4.69) is 10.3 Å². The number of anilines is 1. The molecule has 1 saturated heterocycles. The molecule has 0 bridgehead atoms. The lowest BCUT2D eigenvalue weighted by Crippen LogP contribution is -2.39. The van der Waals surface area contributed by atoms with Crippen molar-refractivity contribution in [1.29, 1.82) is 0 Å². The number of hydrogen-bond donors (Lipinski definition) is 0. The van der Waals surface area contributed by atoms with Gasteiger partial charge in [0.2, 0.25) is 0 Å². The SMILES string of the molecule is COc1ccc(N2C(=O)C3N=NN(Cc4ccc(C)cc4)C3C2=O)cc1OC. The first kappa shape index (κ1) is 18.0. The number of fused-ring (bicyclic) bond motifs is 1. The average Bonchev–Trinajstić information content (AvgIpc) is 3.23. The van der Waals surface area contributed by atoms with Gasteiger partial charge in [-0.15, -0.1) is 0 Å². The van der Waals surface area contributed by atoms with Crippen molar-refractivity contribution in [3.63, 3.8) is 0 Å². The van der Waals surface area contributed by atoms with E-state index in [0.717, 1.165) is 16.0 Å². The monoisotopic (exact) mass is 380 g/mol. The van der Waals surface area contributed by atoms with Gasteiger partial charge in [0.1, 0.15) is 0 Å². The van der Waals surface area contributed by atoms with Gasteiger partial charge in [0.25, 0.3) is 11.8 Å². The molecule has 0 radical (unpaired) electrons. The van der Waals surface area contributed by atoms with Crippen molar-refractivity contribution in [2.24, 2.45) is 10.3 Å². The van der Waals surface area contributed by atoms with E-state index in [-0.39, 0.29) is 5.91 Å². The minimum Gasteiger partial charge on any atom is -0.493 e. The Labute approximate surface area is 162 Å². The molecule has 1 fully saturated rings. The number of aryl methyl sites for hydroxylation is 1. The zero-order valence-electron chi connectivity index (χ0n) is 15.8. The van der Waals surface area contributed by atoms with Crippen LogP contribution >= 0.6 is 0 Å². The van der Waals surface area contributed by atoms with E-state index in [1.54, 1.807) is 23.2 Å². The quantitative estimate of drug-likeness (QED) is 0.744. The predicted molar refractivity (Wildman–Crippen MR) is 101 cm³/mol. The Morgan fingerprint density at radius 1 is 0.964 bits per heavy atom. The Morgan fingerprint density at radius 3 is 2.36 bits per heavy atom. The summed E-state index contributed by atoms with van der Waals surface area (Å²) in [5.74, 6) is 0.221. The molecule has 28 heavy (non-hydrogen) atoms. The van der Waals surface area contributed by atoms with E-state index in [4.69, 9.17) is 9.47 Å². The summed E-state index contributed by atoms with van der Waals surface area (Å²) >= 11 is 0. The third-order valence-electron chi connectivity index (χ3n) is 4.95. The van der Waals surface area contributed by atoms with Gasteiger partial charge in [-0.2, -0.15) is 5.11 Å². The van der Waals surface area contributed by atoms with Crippen LogP contribution in [0.2, 0.25) is 0 Å².